The number of halogens is 4. The van der Waals surface area contributed by atoms with E-state index in [1.165, 1.54) is 48.5 Å². The molecule has 0 fully saturated rings. The molecule has 3 aromatic carbocycles. The van der Waals surface area contributed by atoms with E-state index in [0.717, 1.165) is 6.07 Å². The second kappa shape index (κ2) is 7.87. The van der Waals surface area contributed by atoms with Crippen LogP contribution in [0.5, 0.6) is 11.5 Å². The fourth-order valence-electron chi connectivity index (χ4n) is 3.19. The Bertz CT molecular complexity index is 1210. The van der Waals surface area contributed by atoms with Crippen LogP contribution in [0.1, 0.15) is 16.7 Å². The minimum atomic E-state index is -5.05. The molecule has 0 saturated carbocycles. The van der Waals surface area contributed by atoms with E-state index in [1.807, 2.05) is 0 Å². The predicted octanol–water partition coefficient (Wildman–Crippen LogP) is 5.89. The molecule has 0 radical (unpaired) electrons. The van der Waals surface area contributed by atoms with Crippen LogP contribution in [-0.2, 0) is 14.9 Å². The van der Waals surface area contributed by atoms with Gasteiger partial charge in [-0.2, -0.15) is 8.42 Å². The second-order valence-electron chi connectivity index (χ2n) is 6.09. The van der Waals surface area contributed by atoms with Crippen molar-refractivity contribution in [1.29, 1.82) is 0 Å². The number of hydrogen-bond donors (Lipinski definition) is 3. The first-order valence-corrected chi connectivity index (χ1v) is 10.8. The highest BCUT2D eigenvalue weighted by Crippen LogP contribution is 2.51. The molecule has 0 aliphatic carbocycles. The summed E-state index contributed by atoms with van der Waals surface area (Å²) in [4.78, 5) is 0. The molecule has 1 atom stereocenters. The van der Waals surface area contributed by atoms with Crippen molar-refractivity contribution in [2.24, 2.45) is 0 Å². The van der Waals surface area contributed by atoms with Crippen LogP contribution in [0.2, 0.25) is 20.1 Å². The van der Waals surface area contributed by atoms with E-state index in [0.29, 0.717) is 0 Å². The molecule has 0 heterocycles. The van der Waals surface area contributed by atoms with Crippen LogP contribution in [0.25, 0.3) is 0 Å². The van der Waals surface area contributed by atoms with Gasteiger partial charge in [-0.1, -0.05) is 70.7 Å². The number of rotatable bonds is 4. The van der Waals surface area contributed by atoms with Crippen LogP contribution in [0.3, 0.4) is 0 Å². The highest BCUT2D eigenvalue weighted by molar-refractivity contribution is 7.87. The van der Waals surface area contributed by atoms with Gasteiger partial charge in [0.05, 0.1) is 10.0 Å². The topological polar surface area (TPSA) is 94.8 Å². The zero-order valence-corrected chi connectivity index (χ0v) is 18.1. The van der Waals surface area contributed by atoms with Gasteiger partial charge < -0.3 is 10.2 Å². The van der Waals surface area contributed by atoms with Crippen molar-refractivity contribution in [2.45, 2.75) is 4.75 Å². The quantitative estimate of drug-likeness (QED) is 0.311. The summed E-state index contributed by atoms with van der Waals surface area (Å²) in [5, 5.41) is 19.4. The summed E-state index contributed by atoms with van der Waals surface area (Å²) < 4.78 is 34.0. The van der Waals surface area contributed by atoms with Crippen molar-refractivity contribution in [1.82, 2.24) is 0 Å². The fraction of sp³-hybridized carbons (Fsp3) is 0.0526. The van der Waals surface area contributed by atoms with Gasteiger partial charge in [-0.3, -0.25) is 4.55 Å². The molecule has 1 unspecified atom stereocenters. The molecular formula is C19H12Cl4O5S. The van der Waals surface area contributed by atoms with Gasteiger partial charge in [0.25, 0.3) is 10.1 Å². The van der Waals surface area contributed by atoms with Crippen molar-refractivity contribution < 1.29 is 23.2 Å². The Morgan fingerprint density at radius 1 is 0.793 bits per heavy atom. The number of phenols is 2. The summed E-state index contributed by atoms with van der Waals surface area (Å²) in [5.41, 5.74) is -0.326. The van der Waals surface area contributed by atoms with Crippen LogP contribution < -0.4 is 0 Å². The Balaban J connectivity index is 2.61. The largest absolute Gasteiger partial charge is 0.508 e. The Kier molecular flexibility index (Phi) is 5.98. The monoisotopic (exact) mass is 492 g/mol. The third-order valence-electron chi connectivity index (χ3n) is 4.40. The average molecular weight is 494 g/mol. The molecule has 5 nitrogen and oxygen atoms in total. The molecule has 0 spiro atoms. The Hall–Kier alpha value is -1.67. The SMILES string of the molecule is O=S(=O)(O)C(c1cccc(Cl)c1)(c1ccc(O)cc1Cl)c1ccc(Cl)c(O)c1Cl. The molecular weight excluding hydrogens is 482 g/mol. The van der Waals surface area contributed by atoms with Crippen LogP contribution in [0.15, 0.2) is 54.6 Å². The van der Waals surface area contributed by atoms with Gasteiger partial charge in [0, 0.05) is 21.2 Å². The van der Waals surface area contributed by atoms with E-state index in [9.17, 15) is 23.2 Å². The van der Waals surface area contributed by atoms with Gasteiger partial charge in [0.15, 0.2) is 10.5 Å². The first-order valence-electron chi connectivity index (χ1n) is 7.89. The maximum atomic E-state index is 13.0. The molecule has 3 rings (SSSR count). The summed E-state index contributed by atoms with van der Waals surface area (Å²) >= 11 is 24.5. The van der Waals surface area contributed by atoms with Crippen LogP contribution in [-0.4, -0.2) is 23.2 Å². The highest BCUT2D eigenvalue weighted by Gasteiger charge is 2.51. The molecule has 3 aromatic rings. The highest BCUT2D eigenvalue weighted by atomic mass is 35.5. The van der Waals surface area contributed by atoms with E-state index in [4.69, 9.17) is 46.4 Å². The molecule has 0 aliphatic heterocycles. The summed E-state index contributed by atoms with van der Waals surface area (Å²) in [7, 11) is -5.05. The van der Waals surface area contributed by atoms with E-state index >= 15 is 0 Å². The standard InChI is InChI=1S/C19H12Cl4O5S/c20-11-3-1-2-10(8-11)19(29(26,27)28,13-5-4-12(24)9-16(13)22)14-6-7-15(21)18(25)17(14)23/h1-9,24-25H,(H,26,27,28). The maximum absolute atomic E-state index is 13.0. The van der Waals surface area contributed by atoms with Gasteiger partial charge in [0.2, 0.25) is 0 Å². The Morgan fingerprint density at radius 2 is 1.45 bits per heavy atom. The van der Waals surface area contributed by atoms with Crippen LogP contribution >= 0.6 is 46.4 Å². The van der Waals surface area contributed by atoms with E-state index in [2.05, 4.69) is 0 Å². The molecule has 0 amide bonds. The third-order valence-corrected chi connectivity index (χ3v) is 7.08. The normalized spacial score (nSPS) is 13.8. The molecule has 0 bridgehead atoms. The smallest absolute Gasteiger partial charge is 0.283 e. The van der Waals surface area contributed by atoms with Gasteiger partial charge >= 0.3 is 0 Å². The van der Waals surface area contributed by atoms with Gasteiger partial charge in [-0.15, -0.1) is 0 Å². The van der Waals surface area contributed by atoms with Gasteiger partial charge in [0.1, 0.15) is 5.75 Å². The van der Waals surface area contributed by atoms with E-state index in [-0.39, 0.29) is 37.5 Å². The summed E-state index contributed by atoms with van der Waals surface area (Å²) in [5.74, 6) is -0.796. The fourth-order valence-corrected chi connectivity index (χ4v) is 5.65. The first kappa shape index (κ1) is 22.0. The lowest BCUT2D eigenvalue weighted by atomic mass is 9.83. The summed E-state index contributed by atoms with van der Waals surface area (Å²) in [6.07, 6.45) is 0. The van der Waals surface area contributed by atoms with E-state index in [1.54, 1.807) is 0 Å². The first-order chi connectivity index (χ1) is 13.5. The van der Waals surface area contributed by atoms with Crippen molar-refractivity contribution in [3.05, 3.63) is 91.4 Å². The molecule has 0 saturated heterocycles. The van der Waals surface area contributed by atoms with Crippen molar-refractivity contribution in [3.63, 3.8) is 0 Å². The van der Waals surface area contributed by atoms with Gasteiger partial charge in [-0.05, 0) is 35.9 Å². The zero-order chi connectivity index (χ0) is 21.6. The molecule has 3 N–H and O–H groups in total. The molecule has 10 heteroatoms. The number of hydrogen-bond acceptors (Lipinski definition) is 4. The Labute approximate surface area is 186 Å². The predicted molar refractivity (Wildman–Crippen MR) is 114 cm³/mol. The summed E-state index contributed by atoms with van der Waals surface area (Å²) in [6, 6.07) is 11.8. The Morgan fingerprint density at radius 3 is 2.03 bits per heavy atom. The van der Waals surface area contributed by atoms with Crippen molar-refractivity contribution in [3.8, 4) is 11.5 Å². The number of aromatic hydroxyl groups is 2. The maximum Gasteiger partial charge on any atom is 0.283 e. The number of benzene rings is 3. The molecule has 152 valence electrons. The molecule has 0 aromatic heterocycles. The summed E-state index contributed by atoms with van der Waals surface area (Å²) in [6.45, 7) is 0. The minimum Gasteiger partial charge on any atom is -0.508 e. The van der Waals surface area contributed by atoms with Crippen LogP contribution in [0, 0.1) is 0 Å². The van der Waals surface area contributed by atoms with Crippen molar-refractivity contribution >= 4 is 56.5 Å². The third kappa shape index (κ3) is 3.65. The molecule has 0 aliphatic rings. The van der Waals surface area contributed by atoms with E-state index < -0.39 is 25.6 Å². The second-order valence-corrected chi connectivity index (χ2v) is 9.28. The lowest BCUT2D eigenvalue weighted by molar-refractivity contribution is 0.455. The van der Waals surface area contributed by atoms with Crippen molar-refractivity contribution in [2.75, 3.05) is 0 Å². The lowest BCUT2D eigenvalue weighted by Gasteiger charge is -2.34. The minimum absolute atomic E-state index is 0.00344. The lowest BCUT2D eigenvalue weighted by Crippen LogP contribution is -2.38. The average Bonchev–Trinajstić information content (AvgIpc) is 2.62. The van der Waals surface area contributed by atoms with Gasteiger partial charge in [-0.25, -0.2) is 0 Å². The van der Waals surface area contributed by atoms with Crippen LogP contribution in [0.4, 0.5) is 0 Å². The molecule has 29 heavy (non-hydrogen) atoms. The number of phenolic OH excluding ortho intramolecular Hbond substituents is 2. The zero-order valence-electron chi connectivity index (χ0n) is 14.3.